The molecule has 0 heterocycles. The number of phenols is 1. The lowest BCUT2D eigenvalue weighted by Crippen LogP contribution is -1.85. The van der Waals surface area contributed by atoms with Crippen LogP contribution in [0.25, 0.3) is 0 Å². The van der Waals surface area contributed by atoms with Gasteiger partial charge in [0.15, 0.2) is 0 Å². The van der Waals surface area contributed by atoms with Gasteiger partial charge in [0.2, 0.25) is 0 Å². The van der Waals surface area contributed by atoms with E-state index in [2.05, 4.69) is 5.10 Å². The van der Waals surface area contributed by atoms with Crippen molar-refractivity contribution < 1.29 is 5.11 Å². The highest BCUT2D eigenvalue weighted by atomic mass is 16.3. The van der Waals surface area contributed by atoms with E-state index >= 15 is 0 Å². The third kappa shape index (κ3) is 1.25. The van der Waals surface area contributed by atoms with E-state index in [0.29, 0.717) is 5.56 Å². The third-order valence-corrected chi connectivity index (χ3v) is 1.15. The van der Waals surface area contributed by atoms with E-state index in [1.54, 1.807) is 24.3 Å². The summed E-state index contributed by atoms with van der Waals surface area (Å²) in [6, 6.07) is 6.85. The lowest BCUT2D eigenvalue weighted by molar-refractivity contribution is 0.474. The molecule has 1 aromatic rings. The van der Waals surface area contributed by atoms with Crippen LogP contribution in [-0.4, -0.2) is 11.3 Å². The zero-order valence-corrected chi connectivity index (χ0v) is 5.36. The number of phenolic OH excluding ortho intramolecular Hbond substituents is 1. The van der Waals surface area contributed by atoms with Crippen molar-refractivity contribution in [1.29, 1.82) is 0 Å². The maximum atomic E-state index is 9.09. The first-order chi connectivity index (χ1) is 4.84. The SMILES string of the molecule is N/N=C/c1ccccc1O. The molecule has 0 atom stereocenters. The van der Waals surface area contributed by atoms with Crippen LogP contribution in [0, 0.1) is 0 Å². The molecule has 0 aromatic heterocycles. The Morgan fingerprint density at radius 2 is 2.10 bits per heavy atom. The molecule has 3 nitrogen and oxygen atoms in total. The van der Waals surface area contributed by atoms with Crippen molar-refractivity contribution >= 4 is 6.21 Å². The Labute approximate surface area is 58.8 Å². The van der Waals surface area contributed by atoms with Gasteiger partial charge in [0, 0.05) is 5.56 Å². The van der Waals surface area contributed by atoms with Crippen LogP contribution in [0.4, 0.5) is 0 Å². The van der Waals surface area contributed by atoms with Gasteiger partial charge in [0.05, 0.1) is 6.21 Å². The Morgan fingerprint density at radius 1 is 1.40 bits per heavy atom. The van der Waals surface area contributed by atoms with Crippen LogP contribution in [0.5, 0.6) is 5.75 Å². The number of nitrogens with two attached hydrogens (primary N) is 1. The van der Waals surface area contributed by atoms with Crippen LogP contribution >= 0.6 is 0 Å². The number of para-hydroxylation sites is 1. The normalized spacial score (nSPS) is 10.4. The molecule has 10 heavy (non-hydrogen) atoms. The molecule has 3 N–H and O–H groups in total. The van der Waals surface area contributed by atoms with Crippen molar-refractivity contribution in [1.82, 2.24) is 0 Å². The molecule has 0 aliphatic carbocycles. The number of benzene rings is 1. The summed E-state index contributed by atoms with van der Waals surface area (Å²) in [5.41, 5.74) is 0.630. The summed E-state index contributed by atoms with van der Waals surface area (Å²) in [5, 5.41) is 12.4. The molecule has 0 fully saturated rings. The fraction of sp³-hybridized carbons (Fsp3) is 0. The van der Waals surface area contributed by atoms with E-state index < -0.39 is 0 Å². The lowest BCUT2D eigenvalue weighted by Gasteiger charge is -1.93. The van der Waals surface area contributed by atoms with Crippen molar-refractivity contribution in [2.24, 2.45) is 10.9 Å². The van der Waals surface area contributed by atoms with E-state index in [4.69, 9.17) is 10.9 Å². The molecule has 0 bridgehead atoms. The minimum atomic E-state index is 0.191. The minimum absolute atomic E-state index is 0.191. The Balaban J connectivity index is 3.03. The van der Waals surface area contributed by atoms with Crippen molar-refractivity contribution in [3.05, 3.63) is 29.8 Å². The highest BCUT2D eigenvalue weighted by molar-refractivity contribution is 5.82. The van der Waals surface area contributed by atoms with Crippen LogP contribution in [0.1, 0.15) is 5.56 Å². The predicted octanol–water partition coefficient (Wildman–Crippen LogP) is 0.685. The molecule has 52 valence electrons. The first-order valence-corrected chi connectivity index (χ1v) is 2.86. The first-order valence-electron chi connectivity index (χ1n) is 2.86. The number of hydrogen-bond acceptors (Lipinski definition) is 3. The quantitative estimate of drug-likeness (QED) is 0.339. The Hall–Kier alpha value is -1.51. The molecule has 0 radical (unpaired) electrons. The summed E-state index contributed by atoms with van der Waals surface area (Å²) >= 11 is 0. The Bertz CT molecular complexity index is 245. The van der Waals surface area contributed by atoms with Crippen molar-refractivity contribution in [3.63, 3.8) is 0 Å². The summed E-state index contributed by atoms with van der Waals surface area (Å²) in [4.78, 5) is 0. The fourth-order valence-electron chi connectivity index (χ4n) is 0.677. The molecule has 0 spiro atoms. The highest BCUT2D eigenvalue weighted by Crippen LogP contribution is 2.11. The predicted molar refractivity (Wildman–Crippen MR) is 39.9 cm³/mol. The lowest BCUT2D eigenvalue weighted by atomic mass is 10.2. The van der Waals surface area contributed by atoms with E-state index in [1.165, 1.54) is 6.21 Å². The van der Waals surface area contributed by atoms with E-state index in [1.807, 2.05) is 0 Å². The zero-order valence-electron chi connectivity index (χ0n) is 5.36. The highest BCUT2D eigenvalue weighted by Gasteiger charge is 1.92. The molecule has 0 saturated carbocycles. The molecular formula is C7H8N2O. The number of rotatable bonds is 1. The molecule has 0 saturated heterocycles. The maximum Gasteiger partial charge on any atom is 0.124 e. The van der Waals surface area contributed by atoms with Crippen molar-refractivity contribution in [2.45, 2.75) is 0 Å². The van der Waals surface area contributed by atoms with E-state index in [-0.39, 0.29) is 5.75 Å². The summed E-state index contributed by atoms with van der Waals surface area (Å²) < 4.78 is 0. The molecule has 1 rings (SSSR count). The zero-order chi connectivity index (χ0) is 7.40. The van der Waals surface area contributed by atoms with Gasteiger partial charge in [0.25, 0.3) is 0 Å². The van der Waals surface area contributed by atoms with Crippen LogP contribution in [0.3, 0.4) is 0 Å². The van der Waals surface area contributed by atoms with Gasteiger partial charge in [-0.25, -0.2) is 0 Å². The minimum Gasteiger partial charge on any atom is -0.507 e. The first kappa shape index (κ1) is 6.61. The number of hydrazone groups is 1. The van der Waals surface area contributed by atoms with Crippen LogP contribution < -0.4 is 5.84 Å². The third-order valence-electron chi connectivity index (χ3n) is 1.15. The van der Waals surface area contributed by atoms with Crippen LogP contribution in [0.2, 0.25) is 0 Å². The Morgan fingerprint density at radius 3 is 2.70 bits per heavy atom. The largest absolute Gasteiger partial charge is 0.507 e. The van der Waals surface area contributed by atoms with Gasteiger partial charge in [-0.05, 0) is 12.1 Å². The maximum absolute atomic E-state index is 9.09. The average molecular weight is 136 g/mol. The van der Waals surface area contributed by atoms with Gasteiger partial charge in [-0.15, -0.1) is 0 Å². The Kier molecular flexibility index (Phi) is 1.89. The smallest absolute Gasteiger partial charge is 0.124 e. The summed E-state index contributed by atoms with van der Waals surface area (Å²) in [6.45, 7) is 0. The second-order valence-electron chi connectivity index (χ2n) is 1.84. The standard InChI is InChI=1S/C7H8N2O/c8-9-5-6-3-1-2-4-7(6)10/h1-5,10H,8H2/b9-5+. The average Bonchev–Trinajstić information content (AvgIpc) is 1.94. The number of hydrogen-bond donors (Lipinski definition) is 2. The second kappa shape index (κ2) is 2.87. The molecule has 1 aromatic carbocycles. The van der Waals surface area contributed by atoms with E-state index in [9.17, 15) is 0 Å². The van der Waals surface area contributed by atoms with Gasteiger partial charge in [0.1, 0.15) is 5.75 Å². The second-order valence-corrected chi connectivity index (χ2v) is 1.84. The molecule has 0 amide bonds. The van der Waals surface area contributed by atoms with Crippen molar-refractivity contribution in [2.75, 3.05) is 0 Å². The summed E-state index contributed by atoms with van der Waals surface area (Å²) in [6.07, 6.45) is 1.40. The van der Waals surface area contributed by atoms with Gasteiger partial charge >= 0.3 is 0 Å². The van der Waals surface area contributed by atoms with Crippen LogP contribution in [0.15, 0.2) is 29.4 Å². The van der Waals surface area contributed by atoms with Gasteiger partial charge in [-0.2, -0.15) is 5.10 Å². The number of nitrogens with zero attached hydrogens (tertiary/aromatic N) is 1. The molecule has 0 aliphatic heterocycles. The molecule has 3 heteroatoms. The van der Waals surface area contributed by atoms with Crippen molar-refractivity contribution in [3.8, 4) is 5.75 Å². The summed E-state index contributed by atoms with van der Waals surface area (Å²) in [5.74, 6) is 5.08. The summed E-state index contributed by atoms with van der Waals surface area (Å²) in [7, 11) is 0. The van der Waals surface area contributed by atoms with E-state index in [0.717, 1.165) is 0 Å². The molecule has 0 aliphatic rings. The molecule has 0 unspecified atom stereocenters. The number of aromatic hydroxyl groups is 1. The molecular weight excluding hydrogens is 128 g/mol. The van der Waals surface area contributed by atoms with Gasteiger partial charge in [-0.3, -0.25) is 0 Å². The fourth-order valence-corrected chi connectivity index (χ4v) is 0.677. The topological polar surface area (TPSA) is 58.6 Å². The van der Waals surface area contributed by atoms with Gasteiger partial charge in [-0.1, -0.05) is 12.1 Å². The van der Waals surface area contributed by atoms with Gasteiger partial charge < -0.3 is 10.9 Å². The van der Waals surface area contributed by atoms with Crippen LogP contribution in [-0.2, 0) is 0 Å². The monoisotopic (exact) mass is 136 g/mol.